The highest BCUT2D eigenvalue weighted by molar-refractivity contribution is 6.27. The average Bonchev–Trinajstić information content (AvgIpc) is 4.01. The van der Waals surface area contributed by atoms with Gasteiger partial charge < -0.3 is 29.9 Å². The van der Waals surface area contributed by atoms with Crippen molar-refractivity contribution >= 4 is 61.7 Å². The SMILES string of the molecule is C#Cc1c(F)ccc2cc(O)cc(-c3ncc4c(N5CC6CCC(C5)N6)nc(OCC5(CN6CCC7(CC6)CC(N6CCC(c8ccc9c%10c(cccc8%10)C(=O)N9C8CCC(=O)NC8=O)CC6)C7)CC5)nc4c3F)c12. The number of phenols is 1. The Hall–Kier alpha value is -6.80. The number of terminal acetylenes is 1. The number of amides is 3. The molecule has 8 heterocycles. The number of likely N-dealkylation sites (tertiary alicyclic amines) is 2. The maximum Gasteiger partial charge on any atom is 0.319 e. The molecule has 2 aromatic heterocycles. The van der Waals surface area contributed by atoms with Gasteiger partial charge in [-0.15, -0.1) is 6.42 Å². The summed E-state index contributed by atoms with van der Waals surface area (Å²) in [6, 6.07) is 16.4. The van der Waals surface area contributed by atoms with Crippen LogP contribution in [0.25, 0.3) is 43.7 Å². The number of nitrogens with zero attached hydrogens (tertiary/aromatic N) is 7. The number of benzene rings is 4. The van der Waals surface area contributed by atoms with Crippen LogP contribution in [0.5, 0.6) is 11.8 Å². The third-order valence-electron chi connectivity index (χ3n) is 18.7. The van der Waals surface area contributed by atoms with E-state index in [1.807, 2.05) is 18.2 Å². The zero-order valence-electron chi connectivity index (χ0n) is 41.8. The van der Waals surface area contributed by atoms with Gasteiger partial charge in [-0.25, -0.2) is 8.78 Å². The maximum atomic E-state index is 17.2. The van der Waals surface area contributed by atoms with E-state index in [1.165, 1.54) is 55.5 Å². The van der Waals surface area contributed by atoms with E-state index in [2.05, 4.69) is 48.4 Å². The smallest absolute Gasteiger partial charge is 0.319 e. The first-order chi connectivity index (χ1) is 36.4. The molecule has 7 fully saturated rings. The lowest BCUT2D eigenvalue weighted by Gasteiger charge is -2.56. The number of hydrogen-bond acceptors (Lipinski definition) is 12. The highest BCUT2D eigenvalue weighted by atomic mass is 19.1. The molecule has 0 radical (unpaired) electrons. The predicted octanol–water partition coefficient (Wildman–Crippen LogP) is 7.95. The summed E-state index contributed by atoms with van der Waals surface area (Å²) < 4.78 is 38.8. The highest BCUT2D eigenvalue weighted by Gasteiger charge is 2.51. The predicted molar refractivity (Wildman–Crippen MR) is 281 cm³/mol. The van der Waals surface area contributed by atoms with Gasteiger partial charge in [0.2, 0.25) is 11.8 Å². The summed E-state index contributed by atoms with van der Waals surface area (Å²) in [5.41, 5.74) is 3.13. The van der Waals surface area contributed by atoms with Crippen molar-refractivity contribution < 1.29 is 33.0 Å². The molecular weight excluding hydrogens is 953 g/mol. The molecule has 2 bridgehead atoms. The van der Waals surface area contributed by atoms with Crippen molar-refractivity contribution in [2.75, 3.05) is 62.2 Å². The normalized spacial score (nSPS) is 24.6. The average molecular weight is 1010 g/mol. The fourth-order valence-corrected chi connectivity index (χ4v) is 14.4. The standard InChI is InChI=1S/C59H59F2N9O5/c1-2-39-45(60)10-6-34-24-38(71)25-43(49(34)39)52-51(61)53-44(28-62-52)54(69-29-35-7-8-36(30-69)63-35)66-57(65-53)75-32-59(16-17-59)31-67-22-18-58(19-23-67)26-37(27-58)68-20-14-33(15-21-68)40-9-11-46-50-41(40)4-3-5-42(50)56(74)70(46)47-12-13-48(72)64-55(47)73/h1,3-6,9-11,24-25,28,33,35-37,47,63,71H,7-8,12-23,26-27,29-32H2,(H,64,72,73). The van der Waals surface area contributed by atoms with Crippen molar-refractivity contribution in [2.24, 2.45) is 10.8 Å². The Morgan fingerprint density at radius 1 is 0.853 bits per heavy atom. The summed E-state index contributed by atoms with van der Waals surface area (Å²) in [5, 5.41) is 20.1. The van der Waals surface area contributed by atoms with Crippen molar-refractivity contribution in [1.82, 2.24) is 35.4 Å². The fraction of sp³-hybridized carbons (Fsp3) is 0.458. The van der Waals surface area contributed by atoms with E-state index in [9.17, 15) is 19.5 Å². The van der Waals surface area contributed by atoms with Crippen molar-refractivity contribution in [1.29, 1.82) is 0 Å². The molecule has 2 aliphatic carbocycles. The van der Waals surface area contributed by atoms with Gasteiger partial charge in [-0.2, -0.15) is 9.97 Å². The fourth-order valence-electron chi connectivity index (χ4n) is 14.4. The summed E-state index contributed by atoms with van der Waals surface area (Å²) >= 11 is 0. The van der Waals surface area contributed by atoms with Crippen LogP contribution in [0.4, 0.5) is 20.3 Å². The van der Waals surface area contributed by atoms with E-state index in [1.54, 1.807) is 11.1 Å². The molecule has 14 nitrogen and oxygen atoms in total. The Kier molecular flexibility index (Phi) is 11.0. The summed E-state index contributed by atoms with van der Waals surface area (Å²) in [7, 11) is 0. The quantitative estimate of drug-likeness (QED) is 0.0901. The van der Waals surface area contributed by atoms with Gasteiger partial charge in [0.25, 0.3) is 5.91 Å². The van der Waals surface area contributed by atoms with Crippen LogP contribution < -0.4 is 25.2 Å². The van der Waals surface area contributed by atoms with E-state index < -0.39 is 23.6 Å². The third kappa shape index (κ3) is 7.90. The number of pyridine rings is 1. The van der Waals surface area contributed by atoms with Gasteiger partial charge in [0.15, 0.2) is 5.82 Å². The van der Waals surface area contributed by atoms with E-state index in [0.717, 1.165) is 87.7 Å². The van der Waals surface area contributed by atoms with Crippen LogP contribution in [0.1, 0.15) is 104 Å². The minimum Gasteiger partial charge on any atom is -0.508 e. The zero-order valence-corrected chi connectivity index (χ0v) is 41.8. The summed E-state index contributed by atoms with van der Waals surface area (Å²) in [4.78, 5) is 62.0. The van der Waals surface area contributed by atoms with Crippen LogP contribution in [-0.2, 0) is 9.59 Å². The number of piperidine rings is 3. The molecular formula is C59H59F2N9O5. The number of rotatable bonds is 10. The number of nitrogens with one attached hydrogen (secondary N) is 2. The molecule has 3 unspecified atom stereocenters. The topological polar surface area (TPSA) is 156 Å². The van der Waals surface area contributed by atoms with Gasteiger partial charge in [0.05, 0.1) is 23.2 Å². The molecule has 6 aromatic rings. The lowest BCUT2D eigenvalue weighted by Crippen LogP contribution is -2.56. The molecule has 6 aliphatic heterocycles. The van der Waals surface area contributed by atoms with E-state index >= 15 is 8.78 Å². The number of hydrogen-bond donors (Lipinski definition) is 3. The van der Waals surface area contributed by atoms with E-state index in [4.69, 9.17) is 21.1 Å². The number of imide groups is 1. The van der Waals surface area contributed by atoms with Crippen molar-refractivity contribution in [3.05, 3.63) is 89.1 Å². The monoisotopic (exact) mass is 1010 g/mol. The summed E-state index contributed by atoms with van der Waals surface area (Å²) in [6.45, 7) is 7.00. The molecule has 3 amide bonds. The number of carbonyl (C=O) groups is 3. The van der Waals surface area contributed by atoms with Crippen LogP contribution in [0.15, 0.2) is 60.8 Å². The number of piperazine rings is 1. The van der Waals surface area contributed by atoms with Gasteiger partial charge in [-0.3, -0.25) is 29.6 Å². The molecule has 384 valence electrons. The first kappa shape index (κ1) is 46.7. The van der Waals surface area contributed by atoms with E-state index in [0.29, 0.717) is 77.7 Å². The van der Waals surface area contributed by atoms with Crippen LogP contribution >= 0.6 is 0 Å². The molecule has 2 saturated carbocycles. The number of ether oxygens (including phenoxy) is 1. The summed E-state index contributed by atoms with van der Waals surface area (Å²) in [5.74, 6) is 1.05. The Labute approximate surface area is 433 Å². The molecule has 3 N–H and O–H groups in total. The second-order valence-corrected chi connectivity index (χ2v) is 23.2. The molecule has 75 heavy (non-hydrogen) atoms. The lowest BCUT2D eigenvalue weighted by atomic mass is 9.59. The number of aromatic nitrogens is 3. The van der Waals surface area contributed by atoms with Crippen molar-refractivity contribution in [3.8, 4) is 35.4 Å². The molecule has 14 rings (SSSR count). The second-order valence-electron chi connectivity index (χ2n) is 23.2. The summed E-state index contributed by atoms with van der Waals surface area (Å²) in [6.07, 6.45) is 19.1. The Balaban J connectivity index is 0.625. The van der Waals surface area contributed by atoms with Crippen LogP contribution in [0.2, 0.25) is 0 Å². The first-order valence-electron chi connectivity index (χ1n) is 27.0. The minimum absolute atomic E-state index is 0.0326. The van der Waals surface area contributed by atoms with Gasteiger partial charge in [0.1, 0.15) is 34.6 Å². The highest BCUT2D eigenvalue weighted by Crippen LogP contribution is 2.54. The molecule has 1 spiro atoms. The minimum atomic E-state index is -0.722. The van der Waals surface area contributed by atoms with Gasteiger partial charge in [-0.1, -0.05) is 30.2 Å². The number of phenolic OH excluding ortho intramolecular Hbond substituents is 1. The second kappa shape index (κ2) is 17.6. The third-order valence-corrected chi connectivity index (χ3v) is 18.7. The molecule has 3 atom stereocenters. The molecule has 5 saturated heterocycles. The molecule has 4 aromatic carbocycles. The van der Waals surface area contributed by atoms with Crippen molar-refractivity contribution in [3.63, 3.8) is 0 Å². The van der Waals surface area contributed by atoms with Crippen LogP contribution in [0.3, 0.4) is 0 Å². The first-order valence-corrected chi connectivity index (χ1v) is 27.0. The van der Waals surface area contributed by atoms with Crippen molar-refractivity contribution in [2.45, 2.75) is 107 Å². The number of anilines is 2. The van der Waals surface area contributed by atoms with Gasteiger partial charge >= 0.3 is 6.01 Å². The Morgan fingerprint density at radius 3 is 2.39 bits per heavy atom. The van der Waals surface area contributed by atoms with Gasteiger partial charge in [0, 0.05) is 77.7 Å². The largest absolute Gasteiger partial charge is 0.508 e. The molecule has 16 heteroatoms. The molecule has 8 aliphatic rings. The van der Waals surface area contributed by atoms with Crippen LogP contribution in [0, 0.1) is 34.8 Å². The van der Waals surface area contributed by atoms with E-state index in [-0.39, 0.29) is 63.1 Å². The lowest BCUT2D eigenvalue weighted by molar-refractivity contribution is -0.134. The number of carbonyl (C=O) groups excluding carboxylic acids is 3. The van der Waals surface area contributed by atoms with Gasteiger partial charge in [-0.05, 0) is 155 Å². The number of aromatic hydroxyl groups is 1. The Bertz CT molecular complexity index is 3430. The number of halogens is 2. The van der Waals surface area contributed by atoms with Crippen LogP contribution in [-0.4, -0.2) is 124 Å². The Morgan fingerprint density at radius 2 is 1.64 bits per heavy atom. The number of fused-ring (bicyclic) bond motifs is 4. The maximum absolute atomic E-state index is 17.2. The zero-order chi connectivity index (χ0) is 50.9.